The van der Waals surface area contributed by atoms with Crippen molar-refractivity contribution < 1.29 is 28.0 Å². The first kappa shape index (κ1) is 13.8. The Kier molecular flexibility index (Phi) is 4.13. The smallest absolute Gasteiger partial charge is 0.459 e. The Morgan fingerprint density at radius 3 is 2.72 bits per heavy atom. The van der Waals surface area contributed by atoms with Crippen molar-refractivity contribution in [2.75, 3.05) is 6.61 Å². The van der Waals surface area contributed by atoms with E-state index in [0.29, 0.717) is 0 Å². The summed E-state index contributed by atoms with van der Waals surface area (Å²) in [6, 6.07) is 4.12. The van der Waals surface area contributed by atoms with E-state index in [9.17, 15) is 23.7 Å². The number of benzene rings is 1. The molecule has 18 heavy (non-hydrogen) atoms. The second-order valence-corrected chi connectivity index (χ2v) is 3.09. The largest absolute Gasteiger partial charge is 0.502 e. The van der Waals surface area contributed by atoms with Crippen LogP contribution in [-0.4, -0.2) is 23.6 Å². The van der Waals surface area contributed by atoms with Crippen molar-refractivity contribution in [3.05, 3.63) is 34.4 Å². The van der Waals surface area contributed by atoms with Crippen molar-refractivity contribution in [2.24, 2.45) is 0 Å². The van der Waals surface area contributed by atoms with Gasteiger partial charge >= 0.3 is 12.1 Å². The summed E-state index contributed by atoms with van der Waals surface area (Å²) in [5, 5.41) is 10.4. The lowest BCUT2D eigenvalue weighted by atomic mass is 10.3. The van der Waals surface area contributed by atoms with Gasteiger partial charge in [-0.05, 0) is 13.0 Å². The predicted molar refractivity (Wildman–Crippen MR) is 55.3 cm³/mol. The van der Waals surface area contributed by atoms with E-state index in [2.05, 4.69) is 9.47 Å². The second kappa shape index (κ2) is 5.39. The average Bonchev–Trinajstić information content (AvgIpc) is 2.29. The van der Waals surface area contributed by atoms with Crippen molar-refractivity contribution >= 4 is 11.7 Å². The molecule has 1 aromatic carbocycles. The van der Waals surface area contributed by atoms with Gasteiger partial charge in [0.15, 0.2) is 0 Å². The number of carbonyl (C=O) groups is 1. The molecule has 0 aliphatic rings. The van der Waals surface area contributed by atoms with Crippen LogP contribution in [0.15, 0.2) is 24.3 Å². The number of ether oxygens (including phenoxy) is 2. The normalized spacial score (nSPS) is 10.8. The van der Waals surface area contributed by atoms with Gasteiger partial charge in [0.1, 0.15) is 5.75 Å². The van der Waals surface area contributed by atoms with E-state index in [-0.39, 0.29) is 6.61 Å². The number of esters is 1. The maximum atomic E-state index is 13.2. The molecule has 0 fully saturated rings. The zero-order valence-corrected chi connectivity index (χ0v) is 9.26. The summed E-state index contributed by atoms with van der Waals surface area (Å²) in [5.74, 6) is -2.35. The molecule has 0 saturated carbocycles. The third kappa shape index (κ3) is 3.37. The van der Waals surface area contributed by atoms with Crippen LogP contribution in [0.5, 0.6) is 5.75 Å². The Morgan fingerprint density at radius 1 is 1.50 bits per heavy atom. The van der Waals surface area contributed by atoms with Crippen LogP contribution in [0.4, 0.5) is 14.5 Å². The number of halogens is 2. The minimum Gasteiger partial charge on any atom is -0.459 e. The summed E-state index contributed by atoms with van der Waals surface area (Å²) in [7, 11) is 0. The number of nitro groups is 1. The quantitative estimate of drug-likeness (QED) is 0.461. The van der Waals surface area contributed by atoms with E-state index >= 15 is 0 Å². The van der Waals surface area contributed by atoms with Crippen LogP contribution in [0.3, 0.4) is 0 Å². The number of hydrogen-bond donors (Lipinski definition) is 0. The van der Waals surface area contributed by atoms with Crippen molar-refractivity contribution in [1.29, 1.82) is 0 Å². The van der Waals surface area contributed by atoms with E-state index in [1.54, 1.807) is 0 Å². The Balaban J connectivity index is 2.86. The van der Waals surface area contributed by atoms with Gasteiger partial charge in [-0.25, -0.2) is 4.79 Å². The number of hydrogen-bond acceptors (Lipinski definition) is 5. The molecule has 8 heteroatoms. The number of rotatable bonds is 5. The van der Waals surface area contributed by atoms with Gasteiger partial charge < -0.3 is 9.47 Å². The van der Waals surface area contributed by atoms with E-state index in [1.165, 1.54) is 6.92 Å². The summed E-state index contributed by atoms with van der Waals surface area (Å²) in [6.45, 7) is 1.13. The lowest BCUT2D eigenvalue weighted by molar-refractivity contribution is -0.385. The number of carbonyl (C=O) groups excluding carboxylic acids is 1. The molecule has 0 aliphatic carbocycles. The number of alkyl halides is 2. The molecule has 6 nitrogen and oxygen atoms in total. The molecule has 0 atom stereocenters. The van der Waals surface area contributed by atoms with Crippen LogP contribution in [0, 0.1) is 10.1 Å². The fourth-order valence-corrected chi connectivity index (χ4v) is 1.07. The molecule has 98 valence electrons. The third-order valence-corrected chi connectivity index (χ3v) is 1.79. The fraction of sp³-hybridized carbons (Fsp3) is 0.300. The van der Waals surface area contributed by atoms with E-state index < -0.39 is 28.4 Å². The van der Waals surface area contributed by atoms with E-state index in [4.69, 9.17) is 0 Å². The molecule has 0 aromatic heterocycles. The zero-order chi connectivity index (χ0) is 13.8. The molecule has 0 amide bonds. The van der Waals surface area contributed by atoms with Crippen molar-refractivity contribution in [3.63, 3.8) is 0 Å². The first-order valence-electron chi connectivity index (χ1n) is 4.85. The van der Waals surface area contributed by atoms with Gasteiger partial charge in [0, 0.05) is 6.07 Å². The fourth-order valence-electron chi connectivity index (χ4n) is 1.07. The minimum atomic E-state index is -4.19. The van der Waals surface area contributed by atoms with Crippen LogP contribution in [0.25, 0.3) is 0 Å². The summed E-state index contributed by atoms with van der Waals surface area (Å²) < 4.78 is 34.5. The molecule has 0 heterocycles. The summed E-state index contributed by atoms with van der Waals surface area (Å²) in [5.41, 5.74) is -0.424. The highest BCUT2D eigenvalue weighted by molar-refractivity contribution is 5.76. The topological polar surface area (TPSA) is 78.7 Å². The van der Waals surface area contributed by atoms with E-state index in [0.717, 1.165) is 24.3 Å². The maximum absolute atomic E-state index is 13.2. The Morgan fingerprint density at radius 2 is 2.17 bits per heavy atom. The van der Waals surface area contributed by atoms with Crippen molar-refractivity contribution in [1.82, 2.24) is 0 Å². The predicted octanol–water partition coefficient (Wildman–Crippen LogP) is 2.13. The molecule has 1 rings (SSSR count). The molecule has 0 radical (unpaired) electrons. The Labute approximate surface area is 100 Å². The van der Waals surface area contributed by atoms with Gasteiger partial charge in [-0.2, -0.15) is 8.78 Å². The summed E-state index contributed by atoms with van der Waals surface area (Å²) >= 11 is 0. The van der Waals surface area contributed by atoms with Crippen LogP contribution in [0.1, 0.15) is 6.92 Å². The van der Waals surface area contributed by atoms with Crippen molar-refractivity contribution in [2.45, 2.75) is 13.0 Å². The highest BCUT2D eigenvalue weighted by atomic mass is 19.3. The molecule has 0 spiro atoms. The average molecular weight is 261 g/mol. The minimum absolute atomic E-state index is 0.229. The van der Waals surface area contributed by atoms with Crippen LogP contribution in [0.2, 0.25) is 0 Å². The van der Waals surface area contributed by atoms with Crippen molar-refractivity contribution in [3.8, 4) is 5.75 Å². The highest BCUT2D eigenvalue weighted by Gasteiger charge is 2.44. The van der Waals surface area contributed by atoms with Crippen LogP contribution < -0.4 is 4.74 Å². The molecule has 1 aromatic rings. The Bertz CT molecular complexity index is 463. The van der Waals surface area contributed by atoms with Gasteiger partial charge in [-0.15, -0.1) is 0 Å². The third-order valence-electron chi connectivity index (χ3n) is 1.79. The number of non-ortho nitro benzene ring substituents is 1. The molecule has 0 unspecified atom stereocenters. The lowest BCUT2D eigenvalue weighted by Crippen LogP contribution is -2.36. The summed E-state index contributed by atoms with van der Waals surface area (Å²) in [6.07, 6.45) is -4.19. The van der Waals surface area contributed by atoms with Gasteiger partial charge in [0.25, 0.3) is 5.69 Å². The second-order valence-electron chi connectivity index (χ2n) is 3.09. The molecule has 0 saturated heterocycles. The zero-order valence-electron chi connectivity index (χ0n) is 9.26. The first-order chi connectivity index (χ1) is 8.36. The van der Waals surface area contributed by atoms with Gasteiger partial charge in [-0.1, -0.05) is 6.07 Å². The molecule has 0 aliphatic heterocycles. The van der Waals surface area contributed by atoms with E-state index in [1.807, 2.05) is 0 Å². The van der Waals surface area contributed by atoms with Gasteiger partial charge in [-0.3, -0.25) is 10.1 Å². The molecular weight excluding hydrogens is 252 g/mol. The highest BCUT2D eigenvalue weighted by Crippen LogP contribution is 2.26. The number of nitrogens with zero attached hydrogens (tertiary/aromatic N) is 1. The molecule has 0 bridgehead atoms. The van der Waals surface area contributed by atoms with Crippen LogP contribution >= 0.6 is 0 Å². The number of nitro benzene ring substituents is 1. The van der Waals surface area contributed by atoms with Gasteiger partial charge in [0.05, 0.1) is 17.6 Å². The SMILES string of the molecule is CCOC(=O)C(F)(F)Oc1cccc([N+](=O)[O-])c1. The molecule has 0 N–H and O–H groups in total. The Hall–Kier alpha value is -2.25. The monoisotopic (exact) mass is 261 g/mol. The lowest BCUT2D eigenvalue weighted by Gasteiger charge is -2.15. The molecular formula is C10H9F2NO5. The standard InChI is InChI=1S/C10H9F2NO5/c1-2-17-9(14)10(11,12)18-8-5-3-4-7(6-8)13(15)16/h3-6H,2H2,1H3. The summed E-state index contributed by atoms with van der Waals surface area (Å²) in [4.78, 5) is 20.5. The van der Waals surface area contributed by atoms with Gasteiger partial charge in [0.2, 0.25) is 0 Å². The van der Waals surface area contributed by atoms with Crippen LogP contribution in [-0.2, 0) is 9.53 Å². The first-order valence-corrected chi connectivity index (χ1v) is 4.85. The maximum Gasteiger partial charge on any atom is 0.502 e.